The molecule has 0 saturated carbocycles. The highest BCUT2D eigenvalue weighted by Crippen LogP contribution is 2.33. The van der Waals surface area contributed by atoms with Crippen LogP contribution < -0.4 is 10.6 Å². The normalized spacial score (nSPS) is 24.5. The average molecular weight is 305 g/mol. The van der Waals surface area contributed by atoms with Gasteiger partial charge in [0.2, 0.25) is 0 Å². The Hall–Kier alpha value is -2.05. The van der Waals surface area contributed by atoms with Crippen LogP contribution in [0.2, 0.25) is 0 Å². The first kappa shape index (κ1) is 14.9. The summed E-state index contributed by atoms with van der Waals surface area (Å²) in [5.41, 5.74) is 5.12. The van der Waals surface area contributed by atoms with Gasteiger partial charge in [0, 0.05) is 13.1 Å². The van der Waals surface area contributed by atoms with Gasteiger partial charge in [0.05, 0.1) is 12.1 Å². The van der Waals surface area contributed by atoms with Crippen molar-refractivity contribution in [2.45, 2.75) is 51.3 Å². The zero-order chi connectivity index (χ0) is 15.9. The summed E-state index contributed by atoms with van der Waals surface area (Å²) in [6.45, 7) is 7.20. The molecule has 0 radical (unpaired) electrons. The van der Waals surface area contributed by atoms with E-state index in [1.54, 1.807) is 6.07 Å². The lowest BCUT2D eigenvalue weighted by Gasteiger charge is -2.41. The van der Waals surface area contributed by atoms with E-state index in [9.17, 15) is 4.79 Å². The van der Waals surface area contributed by atoms with Crippen molar-refractivity contribution in [2.24, 2.45) is 0 Å². The van der Waals surface area contributed by atoms with Crippen LogP contribution in [0.4, 0.5) is 16.4 Å². The summed E-state index contributed by atoms with van der Waals surface area (Å²) in [7, 11) is 0. The number of hydrogen-bond acceptors (Lipinski definition) is 6. The van der Waals surface area contributed by atoms with E-state index in [2.05, 4.69) is 15.1 Å². The molecule has 1 aromatic rings. The number of piperazine rings is 1. The Morgan fingerprint density at radius 2 is 1.86 bits per heavy atom. The largest absolute Gasteiger partial charge is 0.444 e. The molecule has 7 nitrogen and oxygen atoms in total. The quantitative estimate of drug-likeness (QED) is 0.849. The van der Waals surface area contributed by atoms with Crippen LogP contribution in [0, 0.1) is 0 Å². The van der Waals surface area contributed by atoms with E-state index < -0.39 is 5.60 Å². The summed E-state index contributed by atoms with van der Waals surface area (Å²) in [6, 6.07) is 3.98. The predicted molar refractivity (Wildman–Crippen MR) is 83.5 cm³/mol. The van der Waals surface area contributed by atoms with Gasteiger partial charge in [0.1, 0.15) is 11.4 Å². The molecule has 2 bridgehead atoms. The summed E-state index contributed by atoms with van der Waals surface area (Å²) in [4.78, 5) is 16.5. The van der Waals surface area contributed by atoms with Crippen LogP contribution in [-0.4, -0.2) is 52.0 Å². The molecular formula is C15H23N5O2. The monoisotopic (exact) mass is 305 g/mol. The standard InChI is InChI=1S/C15H23N5O2/c1-15(2,3)22-14(21)20-10-4-5-11(20)9-19(8-10)13-7-6-12(16)17-18-13/h6-7,10-11H,4-5,8-9H2,1-3H3,(H2,16,17). The fourth-order valence-corrected chi connectivity index (χ4v) is 3.21. The molecule has 7 heteroatoms. The summed E-state index contributed by atoms with van der Waals surface area (Å²) < 4.78 is 5.54. The van der Waals surface area contributed by atoms with Crippen LogP contribution >= 0.6 is 0 Å². The number of amides is 1. The Balaban J connectivity index is 1.71. The lowest BCUT2D eigenvalue weighted by Crippen LogP contribution is -2.57. The molecule has 2 saturated heterocycles. The maximum Gasteiger partial charge on any atom is 0.410 e. The second-order valence-corrected chi connectivity index (χ2v) is 6.99. The van der Waals surface area contributed by atoms with Crippen LogP contribution in [-0.2, 0) is 4.74 Å². The summed E-state index contributed by atoms with van der Waals surface area (Å²) in [5, 5.41) is 8.05. The Kier molecular flexibility index (Phi) is 3.58. The van der Waals surface area contributed by atoms with Crippen LogP contribution in [0.15, 0.2) is 12.1 Å². The molecule has 22 heavy (non-hydrogen) atoms. The summed E-state index contributed by atoms with van der Waals surface area (Å²) in [5.74, 6) is 1.23. The Morgan fingerprint density at radius 1 is 1.23 bits per heavy atom. The number of ether oxygens (including phenoxy) is 1. The van der Waals surface area contributed by atoms with Crippen molar-refractivity contribution in [3.05, 3.63) is 12.1 Å². The van der Waals surface area contributed by atoms with Gasteiger partial charge in [0.15, 0.2) is 5.82 Å². The molecule has 2 aliphatic rings. The number of nitrogens with two attached hydrogens (primary N) is 1. The fourth-order valence-electron chi connectivity index (χ4n) is 3.21. The maximum absolute atomic E-state index is 12.4. The number of rotatable bonds is 1. The second kappa shape index (κ2) is 5.30. The molecule has 3 rings (SSSR count). The van der Waals surface area contributed by atoms with Gasteiger partial charge in [-0.25, -0.2) is 4.79 Å². The van der Waals surface area contributed by atoms with Gasteiger partial charge in [-0.1, -0.05) is 0 Å². The molecular weight excluding hydrogens is 282 g/mol. The molecule has 2 atom stereocenters. The number of carbonyl (C=O) groups is 1. The highest BCUT2D eigenvalue weighted by atomic mass is 16.6. The highest BCUT2D eigenvalue weighted by Gasteiger charge is 2.44. The SMILES string of the molecule is CC(C)(C)OC(=O)N1C2CCC1CN(c1ccc(N)nn1)C2. The smallest absolute Gasteiger partial charge is 0.410 e. The van der Waals surface area contributed by atoms with E-state index in [0.717, 1.165) is 31.7 Å². The third-order valence-corrected chi connectivity index (χ3v) is 4.08. The Labute approximate surface area is 130 Å². The van der Waals surface area contributed by atoms with Crippen molar-refractivity contribution in [3.63, 3.8) is 0 Å². The first-order valence-electron chi connectivity index (χ1n) is 7.69. The number of nitrogen functional groups attached to an aromatic ring is 1. The van der Waals surface area contributed by atoms with Gasteiger partial charge < -0.3 is 15.4 Å². The van der Waals surface area contributed by atoms with Gasteiger partial charge in [-0.05, 0) is 45.7 Å². The van der Waals surface area contributed by atoms with E-state index >= 15 is 0 Å². The molecule has 0 aromatic carbocycles. The summed E-state index contributed by atoms with van der Waals surface area (Å²) in [6.07, 6.45) is 1.80. The molecule has 2 aliphatic heterocycles. The lowest BCUT2D eigenvalue weighted by molar-refractivity contribution is 0.0122. The Bertz CT molecular complexity index is 540. The van der Waals surface area contributed by atoms with Crippen molar-refractivity contribution in [2.75, 3.05) is 23.7 Å². The minimum atomic E-state index is -0.462. The van der Waals surface area contributed by atoms with Gasteiger partial charge in [-0.2, -0.15) is 0 Å². The average Bonchev–Trinajstić information content (AvgIpc) is 2.69. The first-order valence-corrected chi connectivity index (χ1v) is 7.69. The van der Waals surface area contributed by atoms with Crippen LogP contribution in [0.5, 0.6) is 0 Å². The van der Waals surface area contributed by atoms with Crippen LogP contribution in [0.3, 0.4) is 0 Å². The molecule has 2 N–H and O–H groups in total. The summed E-state index contributed by atoms with van der Waals surface area (Å²) >= 11 is 0. The van der Waals surface area contributed by atoms with Crippen molar-refractivity contribution in [3.8, 4) is 0 Å². The number of carbonyl (C=O) groups excluding carboxylic acids is 1. The lowest BCUT2D eigenvalue weighted by atomic mass is 10.2. The minimum Gasteiger partial charge on any atom is -0.444 e. The molecule has 3 heterocycles. The van der Waals surface area contributed by atoms with Crippen LogP contribution in [0.25, 0.3) is 0 Å². The fraction of sp³-hybridized carbons (Fsp3) is 0.667. The van der Waals surface area contributed by atoms with Crippen molar-refractivity contribution < 1.29 is 9.53 Å². The van der Waals surface area contributed by atoms with Gasteiger partial charge in [-0.15, -0.1) is 10.2 Å². The van der Waals surface area contributed by atoms with Crippen molar-refractivity contribution in [1.29, 1.82) is 0 Å². The van der Waals surface area contributed by atoms with E-state index in [1.165, 1.54) is 0 Å². The third-order valence-electron chi connectivity index (χ3n) is 4.08. The zero-order valence-corrected chi connectivity index (χ0v) is 13.3. The van der Waals surface area contributed by atoms with Crippen molar-refractivity contribution >= 4 is 17.7 Å². The molecule has 2 unspecified atom stereocenters. The number of aromatic nitrogens is 2. The maximum atomic E-state index is 12.4. The first-order chi connectivity index (χ1) is 10.3. The molecule has 0 aliphatic carbocycles. The second-order valence-electron chi connectivity index (χ2n) is 6.99. The molecule has 1 aromatic heterocycles. The molecule has 120 valence electrons. The zero-order valence-electron chi connectivity index (χ0n) is 13.3. The van der Waals surface area contributed by atoms with E-state index in [0.29, 0.717) is 5.82 Å². The topological polar surface area (TPSA) is 84.6 Å². The Morgan fingerprint density at radius 3 is 2.36 bits per heavy atom. The van der Waals surface area contributed by atoms with E-state index in [1.807, 2.05) is 31.7 Å². The van der Waals surface area contributed by atoms with Crippen LogP contribution in [0.1, 0.15) is 33.6 Å². The number of anilines is 2. The molecule has 2 fully saturated rings. The van der Waals surface area contributed by atoms with Gasteiger partial charge in [-0.3, -0.25) is 4.90 Å². The van der Waals surface area contributed by atoms with Gasteiger partial charge in [0.25, 0.3) is 0 Å². The number of fused-ring (bicyclic) bond motifs is 2. The van der Waals surface area contributed by atoms with Crippen molar-refractivity contribution in [1.82, 2.24) is 15.1 Å². The molecule has 0 spiro atoms. The highest BCUT2D eigenvalue weighted by molar-refractivity contribution is 5.70. The third kappa shape index (κ3) is 2.93. The van der Waals surface area contributed by atoms with E-state index in [-0.39, 0.29) is 18.2 Å². The number of hydrogen-bond donors (Lipinski definition) is 1. The van der Waals surface area contributed by atoms with Gasteiger partial charge >= 0.3 is 6.09 Å². The van der Waals surface area contributed by atoms with E-state index in [4.69, 9.17) is 10.5 Å². The molecule has 1 amide bonds. The minimum absolute atomic E-state index is 0.174. The predicted octanol–water partition coefficient (Wildman–Crippen LogP) is 1.65. The number of nitrogens with zero attached hydrogens (tertiary/aromatic N) is 4.